The van der Waals surface area contributed by atoms with E-state index in [9.17, 15) is 4.79 Å². The topological polar surface area (TPSA) is 66.0 Å². The number of carbonyl (C=O) groups is 1. The van der Waals surface area contributed by atoms with Crippen LogP contribution in [0.25, 0.3) is 0 Å². The lowest BCUT2D eigenvalue weighted by atomic mass is 10.2. The van der Waals surface area contributed by atoms with E-state index >= 15 is 0 Å². The highest BCUT2D eigenvalue weighted by Crippen LogP contribution is 2.12. The number of amides is 1. The standard InChI is InChI=1S/C20H28N4O2S.HI/c1-4-21-20(24(2)15-16-8-10-17(26-3)11-9-16)23-13-6-12-22-19(25)18-7-5-14-27-18;/h5,7-11,14H,4,6,12-13,15H2,1-3H3,(H,21,23)(H,22,25);1H. The molecule has 0 fully saturated rings. The van der Waals surface area contributed by atoms with Crippen molar-refractivity contribution in [3.8, 4) is 5.75 Å². The molecule has 0 bridgehead atoms. The molecule has 0 aliphatic rings. The quantitative estimate of drug-likeness (QED) is 0.232. The second-order valence-electron chi connectivity index (χ2n) is 6.03. The van der Waals surface area contributed by atoms with Gasteiger partial charge in [0.2, 0.25) is 0 Å². The van der Waals surface area contributed by atoms with Gasteiger partial charge >= 0.3 is 0 Å². The maximum atomic E-state index is 11.9. The zero-order valence-electron chi connectivity index (χ0n) is 16.6. The minimum Gasteiger partial charge on any atom is -0.497 e. The summed E-state index contributed by atoms with van der Waals surface area (Å²) in [6.45, 7) is 4.88. The smallest absolute Gasteiger partial charge is 0.261 e. The van der Waals surface area contributed by atoms with E-state index in [2.05, 4.69) is 39.6 Å². The Hall–Kier alpha value is -1.81. The van der Waals surface area contributed by atoms with E-state index in [1.807, 2.05) is 36.7 Å². The molecule has 1 heterocycles. The van der Waals surface area contributed by atoms with Crippen LogP contribution < -0.4 is 15.4 Å². The fourth-order valence-corrected chi connectivity index (χ4v) is 3.15. The van der Waals surface area contributed by atoms with E-state index in [0.717, 1.165) is 36.1 Å². The molecule has 2 N–H and O–H groups in total. The number of guanidine groups is 1. The van der Waals surface area contributed by atoms with Crippen LogP contribution in [0, 0.1) is 0 Å². The highest BCUT2D eigenvalue weighted by molar-refractivity contribution is 14.0. The van der Waals surface area contributed by atoms with Crippen molar-refractivity contribution in [2.75, 3.05) is 33.8 Å². The molecule has 0 aliphatic heterocycles. The molecule has 1 aromatic carbocycles. The van der Waals surface area contributed by atoms with Crippen molar-refractivity contribution in [1.82, 2.24) is 15.5 Å². The number of rotatable bonds is 9. The lowest BCUT2D eigenvalue weighted by Gasteiger charge is -2.22. The second-order valence-corrected chi connectivity index (χ2v) is 6.97. The van der Waals surface area contributed by atoms with Crippen LogP contribution in [0.3, 0.4) is 0 Å². The molecule has 8 heteroatoms. The van der Waals surface area contributed by atoms with Crippen LogP contribution in [0.4, 0.5) is 0 Å². The lowest BCUT2D eigenvalue weighted by Crippen LogP contribution is -2.38. The summed E-state index contributed by atoms with van der Waals surface area (Å²) >= 11 is 1.45. The maximum Gasteiger partial charge on any atom is 0.261 e. The zero-order valence-corrected chi connectivity index (χ0v) is 19.8. The van der Waals surface area contributed by atoms with Gasteiger partial charge in [0.05, 0.1) is 12.0 Å². The number of hydrogen-bond donors (Lipinski definition) is 2. The summed E-state index contributed by atoms with van der Waals surface area (Å²) in [5.41, 5.74) is 1.19. The van der Waals surface area contributed by atoms with Gasteiger partial charge in [-0.05, 0) is 42.5 Å². The number of thiophene rings is 1. The molecule has 0 saturated heterocycles. The summed E-state index contributed by atoms with van der Waals surface area (Å²) in [5.74, 6) is 1.70. The Morgan fingerprint density at radius 3 is 2.57 bits per heavy atom. The minimum atomic E-state index is -0.0162. The largest absolute Gasteiger partial charge is 0.497 e. The number of aliphatic imine (C=N–C) groups is 1. The van der Waals surface area contributed by atoms with Gasteiger partial charge in [-0.3, -0.25) is 9.79 Å². The summed E-state index contributed by atoms with van der Waals surface area (Å²) in [5, 5.41) is 8.14. The molecule has 0 atom stereocenters. The molecule has 1 aromatic heterocycles. The maximum absolute atomic E-state index is 11.9. The molecule has 2 rings (SSSR count). The van der Waals surface area contributed by atoms with Gasteiger partial charge in [0, 0.05) is 33.2 Å². The average molecular weight is 516 g/mol. The lowest BCUT2D eigenvalue weighted by molar-refractivity contribution is 0.0957. The van der Waals surface area contributed by atoms with Crippen LogP contribution in [0.15, 0.2) is 46.8 Å². The summed E-state index contributed by atoms with van der Waals surface area (Å²) < 4.78 is 5.20. The molecule has 0 saturated carbocycles. The molecule has 6 nitrogen and oxygen atoms in total. The average Bonchev–Trinajstić information content (AvgIpc) is 3.22. The Balaban J connectivity index is 0.00000392. The van der Waals surface area contributed by atoms with Crippen molar-refractivity contribution >= 4 is 47.2 Å². The van der Waals surface area contributed by atoms with Crippen LogP contribution in [0.1, 0.15) is 28.6 Å². The van der Waals surface area contributed by atoms with Gasteiger partial charge in [-0.2, -0.15) is 0 Å². The van der Waals surface area contributed by atoms with Crippen LogP contribution in [0.5, 0.6) is 5.75 Å². The Morgan fingerprint density at radius 2 is 1.96 bits per heavy atom. The number of nitrogens with zero attached hydrogens (tertiary/aromatic N) is 2. The van der Waals surface area contributed by atoms with Gasteiger partial charge in [0.15, 0.2) is 5.96 Å². The van der Waals surface area contributed by atoms with Gasteiger partial charge in [-0.25, -0.2) is 0 Å². The Kier molecular flexibility index (Phi) is 11.6. The predicted molar refractivity (Wildman–Crippen MR) is 127 cm³/mol. The molecular formula is C20H29IN4O2S. The molecule has 28 heavy (non-hydrogen) atoms. The van der Waals surface area contributed by atoms with Crippen molar-refractivity contribution in [2.24, 2.45) is 4.99 Å². The molecule has 0 radical (unpaired) electrons. The summed E-state index contributed by atoms with van der Waals surface area (Å²) in [6.07, 6.45) is 0.794. The number of nitrogens with one attached hydrogen (secondary N) is 2. The van der Waals surface area contributed by atoms with E-state index in [1.54, 1.807) is 7.11 Å². The van der Waals surface area contributed by atoms with Crippen molar-refractivity contribution in [1.29, 1.82) is 0 Å². The zero-order chi connectivity index (χ0) is 19.5. The summed E-state index contributed by atoms with van der Waals surface area (Å²) in [6, 6.07) is 11.7. The molecule has 1 amide bonds. The SMILES string of the molecule is CCNC(=NCCCNC(=O)c1cccs1)N(C)Cc1ccc(OC)cc1.I. The first kappa shape index (κ1) is 24.2. The van der Waals surface area contributed by atoms with Gasteiger partial charge in [0.1, 0.15) is 5.75 Å². The number of carbonyl (C=O) groups excluding carboxylic acids is 1. The van der Waals surface area contributed by atoms with Crippen molar-refractivity contribution in [3.05, 3.63) is 52.2 Å². The number of hydrogen-bond acceptors (Lipinski definition) is 4. The first-order valence-corrected chi connectivity index (χ1v) is 9.96. The van der Waals surface area contributed by atoms with Gasteiger partial charge in [-0.15, -0.1) is 35.3 Å². The van der Waals surface area contributed by atoms with E-state index in [-0.39, 0.29) is 29.9 Å². The fraction of sp³-hybridized carbons (Fsp3) is 0.400. The van der Waals surface area contributed by atoms with E-state index in [0.29, 0.717) is 13.1 Å². The van der Waals surface area contributed by atoms with Crippen LogP contribution >= 0.6 is 35.3 Å². The minimum absolute atomic E-state index is 0. The van der Waals surface area contributed by atoms with Gasteiger partial charge in [0.25, 0.3) is 5.91 Å². The van der Waals surface area contributed by atoms with Gasteiger partial charge in [-0.1, -0.05) is 18.2 Å². The van der Waals surface area contributed by atoms with Crippen molar-refractivity contribution in [2.45, 2.75) is 19.9 Å². The normalized spacial score (nSPS) is 10.8. The van der Waals surface area contributed by atoms with Crippen LogP contribution in [0.2, 0.25) is 0 Å². The van der Waals surface area contributed by atoms with Crippen molar-refractivity contribution < 1.29 is 9.53 Å². The van der Waals surface area contributed by atoms with Crippen LogP contribution in [-0.2, 0) is 6.54 Å². The molecule has 0 aliphatic carbocycles. The molecular weight excluding hydrogens is 487 g/mol. The fourth-order valence-electron chi connectivity index (χ4n) is 2.51. The Labute approximate surface area is 188 Å². The second kappa shape index (κ2) is 13.4. The Bertz CT molecular complexity index is 720. The summed E-state index contributed by atoms with van der Waals surface area (Å²) in [7, 11) is 3.68. The predicted octanol–water partition coefficient (Wildman–Crippen LogP) is 3.59. The number of benzene rings is 1. The number of methoxy groups -OCH3 is 1. The summed E-state index contributed by atoms with van der Waals surface area (Å²) in [4.78, 5) is 19.4. The third-order valence-corrected chi connectivity index (χ3v) is 4.77. The first-order chi connectivity index (χ1) is 13.1. The highest BCUT2D eigenvalue weighted by atomic mass is 127. The van der Waals surface area contributed by atoms with Crippen LogP contribution in [-0.4, -0.2) is 50.6 Å². The van der Waals surface area contributed by atoms with Crippen molar-refractivity contribution in [3.63, 3.8) is 0 Å². The monoisotopic (exact) mass is 516 g/mol. The molecule has 2 aromatic rings. The molecule has 154 valence electrons. The Morgan fingerprint density at radius 1 is 1.21 bits per heavy atom. The third-order valence-electron chi connectivity index (χ3n) is 3.90. The van der Waals surface area contributed by atoms with E-state index in [1.165, 1.54) is 16.9 Å². The van der Waals surface area contributed by atoms with E-state index in [4.69, 9.17) is 4.74 Å². The third kappa shape index (κ3) is 8.05. The number of ether oxygens (including phenoxy) is 1. The molecule has 0 spiro atoms. The molecule has 0 unspecified atom stereocenters. The number of halogens is 1. The van der Waals surface area contributed by atoms with E-state index < -0.39 is 0 Å². The highest BCUT2D eigenvalue weighted by Gasteiger charge is 2.07. The first-order valence-electron chi connectivity index (χ1n) is 9.08. The van der Waals surface area contributed by atoms with Gasteiger partial charge < -0.3 is 20.3 Å².